The average Bonchev–Trinajstić information content (AvgIpc) is 3.24. The molecule has 0 N–H and O–H groups in total. The molecule has 8 nitrogen and oxygen atoms in total. The molecule has 0 radical (unpaired) electrons. The van der Waals surface area contributed by atoms with Crippen LogP contribution in [0.3, 0.4) is 0 Å². The Labute approximate surface area is 200 Å². The number of fused-ring (bicyclic) bond motifs is 3. The first kappa shape index (κ1) is 23.9. The van der Waals surface area contributed by atoms with Crippen LogP contribution in [0.1, 0.15) is 18.9 Å². The summed E-state index contributed by atoms with van der Waals surface area (Å²) >= 11 is 1.27. The number of halogens is 1. The number of hydrogen-bond donors (Lipinski definition) is 0. The van der Waals surface area contributed by atoms with E-state index in [2.05, 4.69) is 10.2 Å². The van der Waals surface area contributed by atoms with E-state index in [1.165, 1.54) is 23.9 Å². The number of thioether (sulfide) groups is 1. The van der Waals surface area contributed by atoms with E-state index >= 15 is 0 Å². The maximum atomic E-state index is 13.5. The summed E-state index contributed by atoms with van der Waals surface area (Å²) < 4.78 is 22.1. The summed E-state index contributed by atoms with van der Waals surface area (Å²) in [6.07, 6.45) is 0.652. The van der Waals surface area contributed by atoms with Crippen molar-refractivity contribution in [2.24, 2.45) is 0 Å². The van der Waals surface area contributed by atoms with Gasteiger partial charge in [-0.3, -0.25) is 18.6 Å². The first-order chi connectivity index (χ1) is 16.4. The first-order valence-corrected chi connectivity index (χ1v) is 11.8. The number of benzene rings is 2. The molecule has 1 unspecified atom stereocenters. The molecule has 0 fully saturated rings. The Morgan fingerprint density at radius 1 is 1.21 bits per heavy atom. The van der Waals surface area contributed by atoms with Gasteiger partial charge in [0.15, 0.2) is 5.16 Å². The van der Waals surface area contributed by atoms with Gasteiger partial charge in [0.1, 0.15) is 5.82 Å². The Hall–Kier alpha value is -3.24. The lowest BCUT2D eigenvalue weighted by Gasteiger charge is -2.21. The van der Waals surface area contributed by atoms with Crippen LogP contribution in [-0.2, 0) is 22.6 Å². The predicted octanol–water partition coefficient (Wildman–Crippen LogP) is 3.36. The monoisotopic (exact) mass is 483 g/mol. The Morgan fingerprint density at radius 3 is 2.76 bits per heavy atom. The maximum Gasteiger partial charge on any atom is 0.262 e. The number of amides is 1. The van der Waals surface area contributed by atoms with E-state index in [-0.39, 0.29) is 17.3 Å². The number of ether oxygens (including phenoxy) is 1. The summed E-state index contributed by atoms with van der Waals surface area (Å²) in [5.41, 5.74) is 1.26. The summed E-state index contributed by atoms with van der Waals surface area (Å²) in [4.78, 5) is 27.7. The molecule has 2 aromatic heterocycles. The van der Waals surface area contributed by atoms with Crippen molar-refractivity contribution in [2.45, 2.75) is 36.8 Å². The van der Waals surface area contributed by atoms with Crippen LogP contribution in [0, 0.1) is 5.82 Å². The average molecular weight is 484 g/mol. The molecule has 178 valence electrons. The molecule has 2 aromatic carbocycles. The van der Waals surface area contributed by atoms with E-state index in [1.807, 2.05) is 22.6 Å². The molecule has 0 aliphatic rings. The molecule has 4 rings (SSSR count). The lowest BCUT2D eigenvalue weighted by atomic mass is 10.2. The molecule has 1 atom stereocenters. The molecular weight excluding hydrogens is 457 g/mol. The summed E-state index contributed by atoms with van der Waals surface area (Å²) in [6.45, 7) is 3.05. The van der Waals surface area contributed by atoms with Crippen molar-refractivity contribution in [2.75, 3.05) is 20.8 Å². The van der Waals surface area contributed by atoms with E-state index in [0.29, 0.717) is 53.5 Å². The van der Waals surface area contributed by atoms with E-state index < -0.39 is 5.25 Å². The number of carbonyl (C=O) groups is 1. The Morgan fingerprint density at radius 2 is 2.00 bits per heavy atom. The molecule has 0 saturated carbocycles. The van der Waals surface area contributed by atoms with E-state index in [1.54, 1.807) is 48.7 Å². The SMILES string of the molecule is COCCCn1c(=O)c2ccccc2n2c(SC(C)C(=O)N(C)Cc3cccc(F)c3)nnc12. The fourth-order valence-corrected chi connectivity index (χ4v) is 4.85. The van der Waals surface area contributed by atoms with Crippen molar-refractivity contribution >= 4 is 34.3 Å². The maximum absolute atomic E-state index is 13.5. The van der Waals surface area contributed by atoms with Crippen LogP contribution in [-0.4, -0.2) is 56.0 Å². The van der Waals surface area contributed by atoms with Gasteiger partial charge in [0.05, 0.1) is 16.2 Å². The summed E-state index contributed by atoms with van der Waals surface area (Å²) in [5, 5.41) is 9.21. The molecule has 4 aromatic rings. The van der Waals surface area contributed by atoms with Crippen molar-refractivity contribution < 1.29 is 13.9 Å². The molecule has 10 heteroatoms. The van der Waals surface area contributed by atoms with Gasteiger partial charge in [0, 0.05) is 33.9 Å². The van der Waals surface area contributed by atoms with E-state index in [0.717, 1.165) is 0 Å². The fourth-order valence-electron chi connectivity index (χ4n) is 3.88. The van der Waals surface area contributed by atoms with Gasteiger partial charge in [0.2, 0.25) is 11.7 Å². The molecule has 1 amide bonds. The van der Waals surface area contributed by atoms with Crippen molar-refractivity contribution in [1.29, 1.82) is 0 Å². The lowest BCUT2D eigenvalue weighted by molar-refractivity contribution is -0.129. The highest BCUT2D eigenvalue weighted by molar-refractivity contribution is 8.00. The van der Waals surface area contributed by atoms with Crippen molar-refractivity contribution in [3.8, 4) is 0 Å². The number of aryl methyl sites for hydroxylation is 1. The second kappa shape index (κ2) is 10.4. The van der Waals surface area contributed by atoms with Gasteiger partial charge in [-0.15, -0.1) is 10.2 Å². The van der Waals surface area contributed by atoms with Crippen LogP contribution >= 0.6 is 11.8 Å². The lowest BCUT2D eigenvalue weighted by Crippen LogP contribution is -2.33. The number of nitrogens with zero attached hydrogens (tertiary/aromatic N) is 5. The third kappa shape index (κ3) is 4.83. The highest BCUT2D eigenvalue weighted by Gasteiger charge is 2.23. The smallest absolute Gasteiger partial charge is 0.262 e. The van der Waals surface area contributed by atoms with Gasteiger partial charge >= 0.3 is 0 Å². The number of aromatic nitrogens is 4. The Bertz CT molecular complexity index is 1390. The fraction of sp³-hybridized carbons (Fsp3) is 0.333. The summed E-state index contributed by atoms with van der Waals surface area (Å²) in [6, 6.07) is 13.5. The zero-order valence-electron chi connectivity index (χ0n) is 19.3. The highest BCUT2D eigenvalue weighted by Crippen LogP contribution is 2.26. The zero-order chi connectivity index (χ0) is 24.2. The minimum atomic E-state index is -0.474. The summed E-state index contributed by atoms with van der Waals surface area (Å²) in [7, 11) is 3.31. The van der Waals surface area contributed by atoms with Crippen LogP contribution in [0.25, 0.3) is 16.7 Å². The van der Waals surface area contributed by atoms with Gasteiger partial charge in [-0.2, -0.15) is 0 Å². The van der Waals surface area contributed by atoms with E-state index in [9.17, 15) is 14.0 Å². The van der Waals surface area contributed by atoms with Gasteiger partial charge in [-0.05, 0) is 43.2 Å². The Balaban J connectivity index is 1.64. The number of carbonyl (C=O) groups excluding carboxylic acids is 1. The van der Waals surface area contributed by atoms with Crippen LogP contribution in [0.15, 0.2) is 58.5 Å². The molecule has 0 spiro atoms. The number of hydrogen-bond acceptors (Lipinski definition) is 6. The second-order valence-corrected chi connectivity index (χ2v) is 9.33. The molecule has 0 saturated heterocycles. The molecular formula is C24H26FN5O3S. The number of rotatable bonds is 9. The highest BCUT2D eigenvalue weighted by atomic mass is 32.2. The van der Waals surface area contributed by atoms with Crippen LogP contribution in [0.2, 0.25) is 0 Å². The quantitative estimate of drug-likeness (QED) is 0.268. The number of methoxy groups -OCH3 is 1. The summed E-state index contributed by atoms with van der Waals surface area (Å²) in [5.74, 6) is -0.0297. The predicted molar refractivity (Wildman–Crippen MR) is 129 cm³/mol. The molecule has 34 heavy (non-hydrogen) atoms. The third-order valence-electron chi connectivity index (χ3n) is 5.52. The molecule has 2 heterocycles. The standard InChI is InChI=1S/C24H26FN5O3S/c1-16(21(31)28(2)15-17-8-6-9-18(25)14-17)34-24-27-26-23-29(12-7-13-33-3)22(32)19-10-4-5-11-20(19)30(23)24/h4-6,8-11,14,16H,7,12-13,15H2,1-3H3. The molecule has 0 aliphatic heterocycles. The molecule has 0 aliphatic carbocycles. The third-order valence-corrected chi connectivity index (χ3v) is 6.55. The number of para-hydroxylation sites is 1. The van der Waals surface area contributed by atoms with Crippen LogP contribution in [0.5, 0.6) is 0 Å². The molecule has 0 bridgehead atoms. The van der Waals surface area contributed by atoms with Gasteiger partial charge < -0.3 is 9.64 Å². The normalized spacial score (nSPS) is 12.4. The topological polar surface area (TPSA) is 81.7 Å². The van der Waals surface area contributed by atoms with Gasteiger partial charge in [-0.1, -0.05) is 36.0 Å². The largest absolute Gasteiger partial charge is 0.385 e. The van der Waals surface area contributed by atoms with Crippen LogP contribution in [0.4, 0.5) is 4.39 Å². The van der Waals surface area contributed by atoms with Gasteiger partial charge in [-0.25, -0.2) is 4.39 Å². The minimum Gasteiger partial charge on any atom is -0.385 e. The second-order valence-electron chi connectivity index (χ2n) is 8.02. The zero-order valence-corrected chi connectivity index (χ0v) is 20.1. The van der Waals surface area contributed by atoms with Crippen molar-refractivity contribution in [1.82, 2.24) is 24.1 Å². The van der Waals surface area contributed by atoms with E-state index in [4.69, 9.17) is 4.74 Å². The first-order valence-electron chi connectivity index (χ1n) is 10.9. The van der Waals surface area contributed by atoms with Crippen LogP contribution < -0.4 is 5.56 Å². The van der Waals surface area contributed by atoms with Gasteiger partial charge in [0.25, 0.3) is 5.56 Å². The van der Waals surface area contributed by atoms with Crippen molar-refractivity contribution in [3.05, 3.63) is 70.3 Å². The minimum absolute atomic E-state index is 0.122. The Kier molecular flexibility index (Phi) is 7.28. The van der Waals surface area contributed by atoms with Crippen molar-refractivity contribution in [3.63, 3.8) is 0 Å².